The van der Waals surface area contributed by atoms with Crippen molar-refractivity contribution in [3.8, 4) is 0 Å². The summed E-state index contributed by atoms with van der Waals surface area (Å²) in [5.41, 5.74) is 0.867. The molecule has 96 valence electrons. The van der Waals surface area contributed by atoms with Crippen molar-refractivity contribution in [1.82, 2.24) is 15.5 Å². The maximum atomic E-state index is 12.4. The van der Waals surface area contributed by atoms with Gasteiger partial charge in [-0.25, -0.2) is 0 Å². The highest BCUT2D eigenvalue weighted by Crippen LogP contribution is 2.57. The van der Waals surface area contributed by atoms with Crippen LogP contribution in [-0.2, 0) is 11.8 Å². The van der Waals surface area contributed by atoms with Crippen molar-refractivity contribution in [2.24, 2.45) is 5.92 Å². The van der Waals surface area contributed by atoms with Crippen LogP contribution in [0.2, 0.25) is 0 Å². The second-order valence-corrected chi connectivity index (χ2v) is 4.73. The van der Waals surface area contributed by atoms with E-state index in [0.29, 0.717) is 5.92 Å². The van der Waals surface area contributed by atoms with Crippen molar-refractivity contribution in [3.63, 3.8) is 0 Å². The summed E-state index contributed by atoms with van der Waals surface area (Å²) in [5, 5.41) is 9.54. The van der Waals surface area contributed by atoms with Gasteiger partial charge in [-0.05, 0) is 18.9 Å². The Morgan fingerprint density at radius 2 is 2.24 bits per heavy atom. The Hall–Kier alpha value is -0.750. The smallest absolute Gasteiger partial charge is 0.316 e. The first-order valence-electron chi connectivity index (χ1n) is 5.32. The molecule has 0 bridgehead atoms. The Kier molecular flexibility index (Phi) is 2.90. The highest BCUT2D eigenvalue weighted by molar-refractivity contribution is 5.85. The van der Waals surface area contributed by atoms with Crippen LogP contribution >= 0.6 is 12.4 Å². The predicted molar refractivity (Wildman–Crippen MR) is 58.2 cm³/mol. The lowest BCUT2D eigenvalue weighted by atomic mass is 9.94. The van der Waals surface area contributed by atoms with E-state index in [2.05, 4.69) is 15.5 Å². The molecule has 2 atom stereocenters. The van der Waals surface area contributed by atoms with E-state index in [1.165, 1.54) is 0 Å². The number of nitrogens with one attached hydrogen (secondary N) is 2. The lowest BCUT2D eigenvalue weighted by Gasteiger charge is -2.12. The largest absolute Gasteiger partial charge is 0.394 e. The number of rotatable bonds is 2. The van der Waals surface area contributed by atoms with E-state index in [0.717, 1.165) is 25.1 Å². The minimum Gasteiger partial charge on any atom is -0.316 e. The van der Waals surface area contributed by atoms with Crippen LogP contribution in [-0.4, -0.2) is 29.5 Å². The number of nitrogens with zero attached hydrogens (tertiary/aromatic N) is 1. The molecule has 17 heavy (non-hydrogen) atoms. The molecule has 2 aliphatic rings. The zero-order valence-corrected chi connectivity index (χ0v) is 9.79. The average Bonchev–Trinajstić information content (AvgIpc) is 2.60. The van der Waals surface area contributed by atoms with Crippen LogP contribution in [0.1, 0.15) is 17.7 Å². The first-order valence-corrected chi connectivity index (χ1v) is 5.32. The fraction of sp³-hybridized carbons (Fsp3) is 0.700. The maximum absolute atomic E-state index is 12.4. The van der Waals surface area contributed by atoms with Crippen LogP contribution in [0.5, 0.6) is 0 Å². The van der Waals surface area contributed by atoms with E-state index in [1.54, 1.807) is 6.20 Å². The average molecular weight is 268 g/mol. The summed E-state index contributed by atoms with van der Waals surface area (Å²) in [6.45, 7) is 1.69. The Bertz CT molecular complexity index is 417. The summed E-state index contributed by atoms with van der Waals surface area (Å²) in [4.78, 5) is 0. The molecule has 0 radical (unpaired) electrons. The molecule has 2 unspecified atom stereocenters. The maximum Gasteiger partial charge on any atom is 0.394 e. The number of H-pyrrole nitrogens is 1. The third kappa shape index (κ3) is 2.04. The van der Waals surface area contributed by atoms with Gasteiger partial charge < -0.3 is 5.32 Å². The van der Waals surface area contributed by atoms with Gasteiger partial charge in [-0.1, -0.05) is 0 Å². The third-order valence-electron chi connectivity index (χ3n) is 3.69. The van der Waals surface area contributed by atoms with Gasteiger partial charge >= 0.3 is 6.18 Å². The zero-order valence-electron chi connectivity index (χ0n) is 8.97. The molecule has 0 spiro atoms. The van der Waals surface area contributed by atoms with E-state index in [1.807, 2.05) is 0 Å². The van der Waals surface area contributed by atoms with Gasteiger partial charge in [-0.3, -0.25) is 5.10 Å². The third-order valence-corrected chi connectivity index (χ3v) is 3.69. The van der Waals surface area contributed by atoms with Crippen molar-refractivity contribution < 1.29 is 13.2 Å². The summed E-state index contributed by atoms with van der Waals surface area (Å²) in [5.74, 6) is 0.497. The minimum atomic E-state index is -4.18. The van der Waals surface area contributed by atoms with Crippen LogP contribution < -0.4 is 5.32 Å². The van der Waals surface area contributed by atoms with E-state index < -0.39 is 12.6 Å². The van der Waals surface area contributed by atoms with Crippen LogP contribution in [0.4, 0.5) is 13.2 Å². The number of aromatic nitrogens is 2. The van der Waals surface area contributed by atoms with E-state index in [9.17, 15) is 13.2 Å². The monoisotopic (exact) mass is 267 g/mol. The summed E-state index contributed by atoms with van der Waals surface area (Å²) >= 11 is 0. The van der Waals surface area contributed by atoms with Crippen molar-refractivity contribution in [2.45, 2.75) is 24.4 Å². The highest BCUT2D eigenvalue weighted by Gasteiger charge is 2.59. The molecule has 0 amide bonds. The van der Waals surface area contributed by atoms with E-state index in [-0.39, 0.29) is 23.5 Å². The van der Waals surface area contributed by atoms with Gasteiger partial charge in [-0.2, -0.15) is 18.3 Å². The van der Waals surface area contributed by atoms with E-state index in [4.69, 9.17) is 0 Å². The molecular weight excluding hydrogens is 255 g/mol. The normalized spacial score (nSPS) is 30.9. The van der Waals surface area contributed by atoms with Gasteiger partial charge in [0.15, 0.2) is 0 Å². The molecule has 1 saturated heterocycles. The lowest BCUT2D eigenvalue weighted by molar-refractivity contribution is -0.128. The molecule has 1 aliphatic carbocycles. The topological polar surface area (TPSA) is 40.7 Å². The Labute approximate surface area is 103 Å². The van der Waals surface area contributed by atoms with Gasteiger partial charge in [0, 0.05) is 23.7 Å². The molecule has 2 N–H and O–H groups in total. The quantitative estimate of drug-likeness (QED) is 0.858. The number of fused-ring (bicyclic) bond motifs is 1. The fourth-order valence-electron chi connectivity index (χ4n) is 2.83. The second kappa shape index (κ2) is 3.88. The second-order valence-electron chi connectivity index (χ2n) is 4.73. The summed E-state index contributed by atoms with van der Waals surface area (Å²) in [6.07, 6.45) is -2.49. The van der Waals surface area contributed by atoms with Crippen molar-refractivity contribution in [2.75, 3.05) is 13.1 Å². The number of hydrogen-bond acceptors (Lipinski definition) is 2. The summed E-state index contributed by atoms with van der Waals surface area (Å²) in [6, 6.07) is 0. The molecule has 0 aromatic carbocycles. The van der Waals surface area contributed by atoms with Gasteiger partial charge in [0.05, 0.1) is 12.1 Å². The Morgan fingerprint density at radius 1 is 1.47 bits per heavy atom. The molecule has 1 aromatic heterocycles. The van der Waals surface area contributed by atoms with Gasteiger partial charge in [0.2, 0.25) is 0 Å². The lowest BCUT2D eigenvalue weighted by Crippen LogP contribution is -2.21. The number of piperidine rings is 1. The van der Waals surface area contributed by atoms with E-state index >= 15 is 0 Å². The first-order chi connectivity index (χ1) is 7.51. The molecule has 7 heteroatoms. The van der Waals surface area contributed by atoms with Gasteiger partial charge in [0.1, 0.15) is 0 Å². The zero-order chi connectivity index (χ0) is 11.4. The molecule has 3 rings (SSSR count). The first kappa shape index (κ1) is 12.7. The van der Waals surface area contributed by atoms with Crippen LogP contribution in [0.25, 0.3) is 0 Å². The SMILES string of the molecule is Cl.FC(F)(F)Cc1n[nH]cc1C12CNCC1C2. The highest BCUT2D eigenvalue weighted by atomic mass is 35.5. The molecule has 2 heterocycles. The molecule has 1 saturated carbocycles. The fourth-order valence-corrected chi connectivity index (χ4v) is 2.83. The van der Waals surface area contributed by atoms with Gasteiger partial charge in [-0.15, -0.1) is 12.4 Å². The summed E-state index contributed by atoms with van der Waals surface area (Å²) < 4.78 is 37.1. The number of alkyl halides is 3. The number of halogens is 4. The molecule has 1 aromatic rings. The Balaban J connectivity index is 0.00000108. The molecule has 1 aliphatic heterocycles. The van der Waals surface area contributed by atoms with Crippen molar-refractivity contribution in [3.05, 3.63) is 17.5 Å². The molecular formula is C10H13ClF3N3. The van der Waals surface area contributed by atoms with Gasteiger partial charge in [0.25, 0.3) is 0 Å². The Morgan fingerprint density at radius 3 is 2.76 bits per heavy atom. The predicted octanol–water partition coefficient (Wildman–Crippen LogP) is 1.80. The number of aromatic amines is 1. The van der Waals surface area contributed by atoms with Crippen LogP contribution in [0.15, 0.2) is 6.20 Å². The number of hydrogen-bond donors (Lipinski definition) is 2. The van der Waals surface area contributed by atoms with Crippen LogP contribution in [0, 0.1) is 5.92 Å². The molecule has 3 nitrogen and oxygen atoms in total. The minimum absolute atomic E-state index is 0. The van der Waals surface area contributed by atoms with Crippen molar-refractivity contribution >= 4 is 12.4 Å². The van der Waals surface area contributed by atoms with Crippen molar-refractivity contribution in [1.29, 1.82) is 0 Å². The standard InChI is InChI=1S/C10H12F3N3.ClH/c11-10(12,13)2-8-7(4-15-16-8)9-1-6(9)3-14-5-9;/h4,6,14H,1-3,5H2,(H,15,16);1H. The molecule has 2 fully saturated rings. The summed E-state index contributed by atoms with van der Waals surface area (Å²) in [7, 11) is 0. The van der Waals surface area contributed by atoms with Crippen LogP contribution in [0.3, 0.4) is 0 Å².